The molecular weight excluding hydrogens is 242 g/mol. The predicted molar refractivity (Wildman–Crippen MR) is 79.4 cm³/mol. The summed E-state index contributed by atoms with van der Waals surface area (Å²) in [7, 11) is 0. The van der Waals surface area contributed by atoms with Gasteiger partial charge in [-0.05, 0) is 38.6 Å². The minimum absolute atomic E-state index is 0.430. The van der Waals surface area contributed by atoms with Crippen LogP contribution < -0.4 is 10.2 Å². The first-order valence-electron chi connectivity index (χ1n) is 7.14. The summed E-state index contributed by atoms with van der Waals surface area (Å²) in [5.74, 6) is 0.880. The van der Waals surface area contributed by atoms with Crippen LogP contribution in [0, 0.1) is 5.92 Å². The maximum absolute atomic E-state index is 4.60. The van der Waals surface area contributed by atoms with Crippen molar-refractivity contribution in [3.05, 3.63) is 11.1 Å². The van der Waals surface area contributed by atoms with Crippen LogP contribution in [0.5, 0.6) is 0 Å². The first-order valence-corrected chi connectivity index (χ1v) is 7.96. The Kier molecular flexibility index (Phi) is 5.01. The topological polar surface area (TPSA) is 28.2 Å². The number of aromatic nitrogens is 1. The van der Waals surface area contributed by atoms with E-state index in [0.717, 1.165) is 12.5 Å². The highest BCUT2D eigenvalue weighted by atomic mass is 32.1. The van der Waals surface area contributed by atoms with Crippen molar-refractivity contribution in [2.75, 3.05) is 24.5 Å². The second kappa shape index (κ2) is 6.53. The molecule has 1 unspecified atom stereocenters. The Morgan fingerprint density at radius 3 is 2.89 bits per heavy atom. The number of anilines is 1. The third kappa shape index (κ3) is 3.45. The van der Waals surface area contributed by atoms with Crippen LogP contribution in [0.25, 0.3) is 0 Å². The first-order chi connectivity index (χ1) is 8.70. The van der Waals surface area contributed by atoms with Gasteiger partial charge in [0.2, 0.25) is 0 Å². The van der Waals surface area contributed by atoms with E-state index in [1.807, 2.05) is 17.5 Å². The van der Waals surface area contributed by atoms with Crippen molar-refractivity contribution < 1.29 is 0 Å². The molecule has 0 saturated carbocycles. The average molecular weight is 267 g/mol. The maximum atomic E-state index is 4.60. The average Bonchev–Trinajstić information content (AvgIpc) is 2.86. The van der Waals surface area contributed by atoms with Gasteiger partial charge in [-0.1, -0.05) is 13.8 Å². The Balaban J connectivity index is 1.93. The lowest BCUT2D eigenvalue weighted by atomic mass is 10.00. The Morgan fingerprint density at radius 2 is 2.22 bits per heavy atom. The highest BCUT2D eigenvalue weighted by molar-refractivity contribution is 7.15. The molecule has 3 nitrogen and oxygen atoms in total. The fraction of sp³-hybridized carbons (Fsp3) is 0.786. The smallest absolute Gasteiger partial charge is 0.185 e. The van der Waals surface area contributed by atoms with Gasteiger partial charge in [-0.2, -0.15) is 0 Å². The number of nitrogens with one attached hydrogen (secondary N) is 1. The third-order valence-corrected chi connectivity index (χ3v) is 4.93. The van der Waals surface area contributed by atoms with Gasteiger partial charge in [-0.15, -0.1) is 11.3 Å². The molecule has 1 atom stereocenters. The lowest BCUT2D eigenvalue weighted by Gasteiger charge is -2.29. The summed E-state index contributed by atoms with van der Waals surface area (Å²) in [6, 6.07) is 0.430. The van der Waals surface area contributed by atoms with E-state index in [1.54, 1.807) is 0 Å². The number of rotatable bonds is 5. The fourth-order valence-electron chi connectivity index (χ4n) is 2.28. The minimum Gasteiger partial charge on any atom is -0.348 e. The SMILES string of the molecule is CCCNC(C)c1cnc(N2CCC(C)CC2)s1. The summed E-state index contributed by atoms with van der Waals surface area (Å²) in [6.07, 6.45) is 5.84. The molecular formula is C14H25N3S. The zero-order valence-electron chi connectivity index (χ0n) is 11.8. The van der Waals surface area contributed by atoms with Crippen LogP contribution in [0.4, 0.5) is 5.13 Å². The molecule has 18 heavy (non-hydrogen) atoms. The molecule has 0 aliphatic carbocycles. The molecule has 2 rings (SSSR count). The van der Waals surface area contributed by atoms with Crippen LogP contribution in [-0.4, -0.2) is 24.6 Å². The molecule has 2 heterocycles. The number of piperidine rings is 1. The second-order valence-corrected chi connectivity index (χ2v) is 6.43. The molecule has 0 aromatic carbocycles. The van der Waals surface area contributed by atoms with E-state index in [9.17, 15) is 0 Å². The van der Waals surface area contributed by atoms with Gasteiger partial charge in [-0.3, -0.25) is 0 Å². The van der Waals surface area contributed by atoms with Crippen LogP contribution in [-0.2, 0) is 0 Å². The summed E-state index contributed by atoms with van der Waals surface area (Å²) in [5.41, 5.74) is 0. The van der Waals surface area contributed by atoms with E-state index < -0.39 is 0 Å². The highest BCUT2D eigenvalue weighted by Gasteiger charge is 2.19. The molecule has 1 aromatic rings. The number of hydrogen-bond donors (Lipinski definition) is 1. The maximum Gasteiger partial charge on any atom is 0.185 e. The van der Waals surface area contributed by atoms with Gasteiger partial charge in [0.1, 0.15) is 0 Å². The summed E-state index contributed by atoms with van der Waals surface area (Å²) in [5, 5.41) is 4.73. The Morgan fingerprint density at radius 1 is 1.50 bits per heavy atom. The Labute approximate surface area is 115 Å². The molecule has 0 spiro atoms. The van der Waals surface area contributed by atoms with Crippen molar-refractivity contribution in [1.82, 2.24) is 10.3 Å². The lowest BCUT2D eigenvalue weighted by molar-refractivity contribution is 0.438. The summed E-state index contributed by atoms with van der Waals surface area (Å²) >= 11 is 1.85. The van der Waals surface area contributed by atoms with Gasteiger partial charge in [0, 0.05) is 30.2 Å². The van der Waals surface area contributed by atoms with E-state index in [-0.39, 0.29) is 0 Å². The normalized spacial score (nSPS) is 19.2. The summed E-state index contributed by atoms with van der Waals surface area (Å²) in [4.78, 5) is 8.40. The van der Waals surface area contributed by atoms with E-state index >= 15 is 0 Å². The summed E-state index contributed by atoms with van der Waals surface area (Å²) < 4.78 is 0. The van der Waals surface area contributed by atoms with E-state index in [1.165, 1.54) is 42.4 Å². The minimum atomic E-state index is 0.430. The Hall–Kier alpha value is -0.610. The monoisotopic (exact) mass is 267 g/mol. The molecule has 1 N–H and O–H groups in total. The molecule has 4 heteroatoms. The zero-order chi connectivity index (χ0) is 13.0. The lowest BCUT2D eigenvalue weighted by Crippen LogP contribution is -2.32. The van der Waals surface area contributed by atoms with Crippen molar-refractivity contribution in [2.45, 2.75) is 46.1 Å². The zero-order valence-corrected chi connectivity index (χ0v) is 12.6. The van der Waals surface area contributed by atoms with Gasteiger partial charge in [0.05, 0.1) is 0 Å². The van der Waals surface area contributed by atoms with E-state index in [2.05, 4.69) is 36.0 Å². The standard InChI is InChI=1S/C14H25N3S/c1-4-7-15-12(3)13-10-16-14(18-13)17-8-5-11(2)6-9-17/h10-12,15H,4-9H2,1-3H3. The fourth-order valence-corrected chi connectivity index (χ4v) is 3.28. The van der Waals surface area contributed by atoms with E-state index in [4.69, 9.17) is 0 Å². The molecule has 0 bridgehead atoms. The number of thiazole rings is 1. The van der Waals surface area contributed by atoms with Crippen LogP contribution in [0.3, 0.4) is 0 Å². The molecule has 1 fully saturated rings. The Bertz CT molecular complexity index is 356. The largest absolute Gasteiger partial charge is 0.348 e. The number of hydrogen-bond acceptors (Lipinski definition) is 4. The van der Waals surface area contributed by atoms with Gasteiger partial charge >= 0.3 is 0 Å². The van der Waals surface area contributed by atoms with Gasteiger partial charge in [-0.25, -0.2) is 4.98 Å². The third-order valence-electron chi connectivity index (χ3n) is 3.69. The molecule has 1 aromatic heterocycles. The van der Waals surface area contributed by atoms with Crippen LogP contribution >= 0.6 is 11.3 Å². The number of nitrogens with zero attached hydrogens (tertiary/aromatic N) is 2. The van der Waals surface area contributed by atoms with Crippen molar-refractivity contribution in [2.24, 2.45) is 5.92 Å². The molecule has 102 valence electrons. The molecule has 1 aliphatic rings. The highest BCUT2D eigenvalue weighted by Crippen LogP contribution is 2.29. The van der Waals surface area contributed by atoms with Gasteiger partial charge < -0.3 is 10.2 Å². The van der Waals surface area contributed by atoms with Gasteiger partial charge in [0.25, 0.3) is 0 Å². The van der Waals surface area contributed by atoms with Gasteiger partial charge in [0.15, 0.2) is 5.13 Å². The second-order valence-electron chi connectivity index (χ2n) is 5.39. The van der Waals surface area contributed by atoms with Crippen molar-refractivity contribution in [3.8, 4) is 0 Å². The van der Waals surface area contributed by atoms with Crippen LogP contribution in [0.2, 0.25) is 0 Å². The first kappa shape index (κ1) is 13.8. The van der Waals surface area contributed by atoms with Crippen molar-refractivity contribution in [1.29, 1.82) is 0 Å². The van der Waals surface area contributed by atoms with Crippen LogP contribution in [0.1, 0.15) is 51.0 Å². The van der Waals surface area contributed by atoms with E-state index in [0.29, 0.717) is 6.04 Å². The quantitative estimate of drug-likeness (QED) is 0.886. The predicted octanol–water partition coefficient (Wildman–Crippen LogP) is 3.44. The van der Waals surface area contributed by atoms with Crippen molar-refractivity contribution in [3.63, 3.8) is 0 Å². The van der Waals surface area contributed by atoms with Crippen LogP contribution in [0.15, 0.2) is 6.20 Å². The summed E-state index contributed by atoms with van der Waals surface area (Å²) in [6.45, 7) is 10.2. The molecule has 1 saturated heterocycles. The molecule has 1 aliphatic heterocycles. The molecule has 0 amide bonds. The molecule has 0 radical (unpaired) electrons. The van der Waals surface area contributed by atoms with Crippen molar-refractivity contribution >= 4 is 16.5 Å².